The summed E-state index contributed by atoms with van der Waals surface area (Å²) in [7, 11) is 1.56. The minimum atomic E-state index is -4.10. The fraction of sp³-hybridized carbons (Fsp3) is 0.900. The van der Waals surface area contributed by atoms with Crippen LogP contribution in [-0.2, 0) is 4.74 Å². The highest BCUT2D eigenvalue weighted by Gasteiger charge is 2.41. The number of hydrogen-bond donors (Lipinski definition) is 2. The smallest absolute Gasteiger partial charge is 0.383 e. The van der Waals surface area contributed by atoms with Crippen molar-refractivity contribution in [3.05, 3.63) is 0 Å². The van der Waals surface area contributed by atoms with E-state index in [0.717, 1.165) is 0 Å². The molecule has 1 fully saturated rings. The van der Waals surface area contributed by atoms with E-state index in [2.05, 4.69) is 10.4 Å². The number of alkyl halides is 3. The topological polar surface area (TPSA) is 62.9 Å². The quantitative estimate of drug-likeness (QED) is 0.260. The molecule has 1 saturated heterocycles. The zero-order valence-corrected chi connectivity index (χ0v) is 10.3. The molecule has 0 saturated carbocycles. The van der Waals surface area contributed by atoms with Gasteiger partial charge in [0, 0.05) is 20.2 Å². The number of likely N-dealkylation sites (tertiary alicyclic amines) is 1. The SMILES string of the molecule is COCCN=C(NN)N1CCC(C(F)(F)F)CC1. The summed E-state index contributed by atoms with van der Waals surface area (Å²) >= 11 is 0. The number of guanidine groups is 1. The summed E-state index contributed by atoms with van der Waals surface area (Å²) in [6, 6.07) is 0. The zero-order valence-electron chi connectivity index (χ0n) is 10.3. The number of hydrazine groups is 1. The molecule has 1 aliphatic rings. The van der Waals surface area contributed by atoms with Gasteiger partial charge in [0.25, 0.3) is 0 Å². The molecule has 0 aliphatic carbocycles. The lowest BCUT2D eigenvalue weighted by molar-refractivity contribution is -0.183. The maximum Gasteiger partial charge on any atom is 0.391 e. The van der Waals surface area contributed by atoms with E-state index in [0.29, 0.717) is 32.2 Å². The van der Waals surface area contributed by atoms with Crippen molar-refractivity contribution in [3.63, 3.8) is 0 Å². The Balaban J connectivity index is 2.47. The van der Waals surface area contributed by atoms with Gasteiger partial charge in [0.05, 0.1) is 19.1 Å². The van der Waals surface area contributed by atoms with E-state index in [9.17, 15) is 13.2 Å². The maximum atomic E-state index is 12.5. The van der Waals surface area contributed by atoms with Crippen molar-refractivity contribution < 1.29 is 17.9 Å². The molecular formula is C10H19F3N4O. The van der Waals surface area contributed by atoms with Crippen LogP contribution in [-0.4, -0.2) is 50.4 Å². The minimum absolute atomic E-state index is 0.0779. The molecule has 0 amide bonds. The van der Waals surface area contributed by atoms with Gasteiger partial charge in [-0.05, 0) is 12.8 Å². The molecule has 0 aromatic rings. The summed E-state index contributed by atoms with van der Waals surface area (Å²) in [5.41, 5.74) is 2.42. The van der Waals surface area contributed by atoms with E-state index in [4.69, 9.17) is 10.6 Å². The van der Waals surface area contributed by atoms with Crippen molar-refractivity contribution in [2.45, 2.75) is 19.0 Å². The molecule has 5 nitrogen and oxygen atoms in total. The van der Waals surface area contributed by atoms with E-state index in [1.807, 2.05) is 0 Å². The van der Waals surface area contributed by atoms with Crippen molar-refractivity contribution in [1.82, 2.24) is 10.3 Å². The average Bonchev–Trinajstić information content (AvgIpc) is 2.34. The molecule has 1 heterocycles. The summed E-state index contributed by atoms with van der Waals surface area (Å²) < 4.78 is 42.3. The standard InChI is InChI=1S/C10H19F3N4O/c1-18-7-4-15-9(16-14)17-5-2-8(3-6-17)10(11,12)13/h8H,2-7,14H2,1H3,(H,15,16). The molecule has 3 N–H and O–H groups in total. The monoisotopic (exact) mass is 268 g/mol. The fourth-order valence-electron chi connectivity index (χ4n) is 1.90. The van der Waals surface area contributed by atoms with Gasteiger partial charge in [-0.1, -0.05) is 0 Å². The van der Waals surface area contributed by atoms with Gasteiger partial charge in [0.2, 0.25) is 5.96 Å². The number of ether oxygens (including phenoxy) is 1. The second kappa shape index (κ2) is 6.79. The van der Waals surface area contributed by atoms with Crippen LogP contribution in [0.5, 0.6) is 0 Å². The summed E-state index contributed by atoms with van der Waals surface area (Å²) in [6.45, 7) is 1.49. The molecule has 0 bridgehead atoms. The zero-order chi connectivity index (χ0) is 13.6. The molecule has 0 aromatic heterocycles. The first kappa shape index (κ1) is 15.0. The lowest BCUT2D eigenvalue weighted by atomic mass is 9.96. The Labute approximate surface area is 104 Å². The van der Waals surface area contributed by atoms with E-state index < -0.39 is 12.1 Å². The molecule has 1 aliphatic heterocycles. The second-order valence-corrected chi connectivity index (χ2v) is 4.15. The van der Waals surface area contributed by atoms with Crippen LogP contribution in [0, 0.1) is 5.92 Å². The van der Waals surface area contributed by atoms with Crippen molar-refractivity contribution in [1.29, 1.82) is 0 Å². The number of methoxy groups -OCH3 is 1. The van der Waals surface area contributed by atoms with Gasteiger partial charge >= 0.3 is 6.18 Å². The maximum absolute atomic E-state index is 12.5. The lowest BCUT2D eigenvalue weighted by Gasteiger charge is -2.34. The molecule has 0 unspecified atom stereocenters. The minimum Gasteiger partial charge on any atom is -0.383 e. The van der Waals surface area contributed by atoms with E-state index >= 15 is 0 Å². The van der Waals surface area contributed by atoms with Crippen LogP contribution in [0.15, 0.2) is 4.99 Å². The van der Waals surface area contributed by atoms with Gasteiger partial charge in [-0.15, -0.1) is 0 Å². The average molecular weight is 268 g/mol. The predicted molar refractivity (Wildman–Crippen MR) is 61.9 cm³/mol. The van der Waals surface area contributed by atoms with E-state index in [1.165, 1.54) is 0 Å². The van der Waals surface area contributed by atoms with E-state index in [-0.39, 0.29) is 12.8 Å². The van der Waals surface area contributed by atoms with Crippen molar-refractivity contribution in [2.75, 3.05) is 33.4 Å². The molecule has 0 aromatic carbocycles. The summed E-state index contributed by atoms with van der Waals surface area (Å²) in [5, 5.41) is 0. The highest BCUT2D eigenvalue weighted by molar-refractivity contribution is 5.79. The van der Waals surface area contributed by atoms with Crippen LogP contribution < -0.4 is 11.3 Å². The Hall–Kier alpha value is -1.02. The third-order valence-electron chi connectivity index (χ3n) is 2.94. The molecule has 8 heteroatoms. The largest absolute Gasteiger partial charge is 0.391 e. The van der Waals surface area contributed by atoms with Crippen LogP contribution in [0.2, 0.25) is 0 Å². The number of rotatable bonds is 3. The van der Waals surface area contributed by atoms with Crippen LogP contribution in [0.1, 0.15) is 12.8 Å². The van der Waals surface area contributed by atoms with Crippen molar-refractivity contribution in [2.24, 2.45) is 16.8 Å². The number of nitrogens with zero attached hydrogens (tertiary/aromatic N) is 2. The van der Waals surface area contributed by atoms with Crippen molar-refractivity contribution >= 4 is 5.96 Å². The normalized spacial score (nSPS) is 19.2. The summed E-state index contributed by atoms with van der Waals surface area (Å²) in [5.74, 6) is 4.53. The first-order valence-corrected chi connectivity index (χ1v) is 5.80. The van der Waals surface area contributed by atoms with Crippen LogP contribution in [0.3, 0.4) is 0 Å². The van der Waals surface area contributed by atoms with Crippen LogP contribution in [0.4, 0.5) is 13.2 Å². The Morgan fingerprint density at radius 1 is 1.44 bits per heavy atom. The number of nitrogens with one attached hydrogen (secondary N) is 1. The Morgan fingerprint density at radius 2 is 2.06 bits per heavy atom. The van der Waals surface area contributed by atoms with Gasteiger partial charge in [0.1, 0.15) is 0 Å². The molecule has 18 heavy (non-hydrogen) atoms. The molecule has 0 atom stereocenters. The lowest BCUT2D eigenvalue weighted by Crippen LogP contribution is -2.49. The Kier molecular flexibility index (Phi) is 5.67. The number of aliphatic imine (C=N–C) groups is 1. The third kappa shape index (κ3) is 4.34. The molecule has 0 radical (unpaired) electrons. The van der Waals surface area contributed by atoms with E-state index in [1.54, 1.807) is 12.0 Å². The van der Waals surface area contributed by atoms with Gasteiger partial charge in [-0.2, -0.15) is 13.2 Å². The summed E-state index contributed by atoms with van der Waals surface area (Å²) in [6.07, 6.45) is -3.95. The number of piperidine rings is 1. The number of nitrogens with two attached hydrogens (primary N) is 1. The predicted octanol–water partition coefficient (Wildman–Crippen LogP) is 0.726. The number of halogens is 3. The first-order valence-electron chi connectivity index (χ1n) is 5.80. The Bertz CT molecular complexity index is 275. The second-order valence-electron chi connectivity index (χ2n) is 4.15. The van der Waals surface area contributed by atoms with Gasteiger partial charge in [0.15, 0.2) is 0 Å². The van der Waals surface area contributed by atoms with Gasteiger partial charge in [-0.3, -0.25) is 5.43 Å². The molecule has 0 spiro atoms. The Morgan fingerprint density at radius 3 is 2.50 bits per heavy atom. The third-order valence-corrected chi connectivity index (χ3v) is 2.94. The van der Waals surface area contributed by atoms with Crippen molar-refractivity contribution in [3.8, 4) is 0 Å². The first-order chi connectivity index (χ1) is 8.49. The van der Waals surface area contributed by atoms with Crippen LogP contribution in [0.25, 0.3) is 0 Å². The highest BCUT2D eigenvalue weighted by atomic mass is 19.4. The highest BCUT2D eigenvalue weighted by Crippen LogP contribution is 2.33. The number of hydrogen-bond acceptors (Lipinski definition) is 3. The molecule has 1 rings (SSSR count). The molecular weight excluding hydrogens is 249 g/mol. The van der Waals surface area contributed by atoms with Gasteiger partial charge in [-0.25, -0.2) is 10.8 Å². The van der Waals surface area contributed by atoms with Crippen LogP contribution >= 0.6 is 0 Å². The fourth-order valence-corrected chi connectivity index (χ4v) is 1.90. The molecule has 106 valence electrons. The van der Waals surface area contributed by atoms with Gasteiger partial charge < -0.3 is 9.64 Å². The summed E-state index contributed by atoms with van der Waals surface area (Å²) in [4.78, 5) is 5.88.